The first kappa shape index (κ1) is 22.5. The highest BCUT2D eigenvalue weighted by Crippen LogP contribution is 2.38. The molecule has 2 aromatic carbocycles. The zero-order valence-corrected chi connectivity index (χ0v) is 17.8. The molecule has 0 aliphatic carbocycles. The van der Waals surface area contributed by atoms with Crippen molar-refractivity contribution >= 4 is 5.91 Å². The zero-order valence-electron chi connectivity index (χ0n) is 17.8. The molecule has 3 aromatic rings. The van der Waals surface area contributed by atoms with Crippen LogP contribution in [0.15, 0.2) is 42.5 Å². The van der Waals surface area contributed by atoms with E-state index in [4.69, 9.17) is 19.5 Å². The second-order valence-electron chi connectivity index (χ2n) is 6.86. The van der Waals surface area contributed by atoms with Gasteiger partial charge in [0, 0.05) is 19.7 Å². The quantitative estimate of drug-likeness (QED) is 0.547. The standard InChI is InChI=1S/C23H19F2N3O4/c1-13-18(24)21(31-15-8-5-7-14(11-15)12-26)27-22(19(13)25)32-17-10-6-9-16(20(17)30-4)23(29)28(2)3/h5-11H,1-4H3. The average molecular weight is 439 g/mol. The number of aromatic nitrogens is 1. The number of carbonyl (C=O) groups excluding carboxylic acids is 1. The number of methoxy groups -OCH3 is 1. The molecule has 0 aliphatic heterocycles. The maximum atomic E-state index is 14.8. The second kappa shape index (κ2) is 9.31. The fraction of sp³-hybridized carbons (Fsp3) is 0.174. The highest BCUT2D eigenvalue weighted by molar-refractivity contribution is 5.97. The second-order valence-corrected chi connectivity index (χ2v) is 6.86. The van der Waals surface area contributed by atoms with E-state index in [0.29, 0.717) is 5.56 Å². The molecule has 1 amide bonds. The zero-order chi connectivity index (χ0) is 23.4. The number of carbonyl (C=O) groups is 1. The maximum absolute atomic E-state index is 14.8. The van der Waals surface area contributed by atoms with Crippen LogP contribution in [0.5, 0.6) is 29.0 Å². The lowest BCUT2D eigenvalue weighted by atomic mass is 10.1. The van der Waals surface area contributed by atoms with Crippen LogP contribution in [0.1, 0.15) is 21.5 Å². The number of para-hydroxylation sites is 1. The van der Waals surface area contributed by atoms with E-state index >= 15 is 0 Å². The van der Waals surface area contributed by atoms with Gasteiger partial charge in [0.1, 0.15) is 5.75 Å². The molecule has 0 saturated heterocycles. The molecule has 9 heteroatoms. The lowest BCUT2D eigenvalue weighted by Crippen LogP contribution is -2.22. The van der Waals surface area contributed by atoms with E-state index in [2.05, 4.69) is 4.98 Å². The Kier molecular flexibility index (Phi) is 6.54. The van der Waals surface area contributed by atoms with Crippen LogP contribution in [-0.4, -0.2) is 37.0 Å². The average Bonchev–Trinajstić information content (AvgIpc) is 2.80. The summed E-state index contributed by atoms with van der Waals surface area (Å²) in [6.07, 6.45) is 0. The number of halogens is 2. The van der Waals surface area contributed by atoms with Crippen LogP contribution in [0.3, 0.4) is 0 Å². The summed E-state index contributed by atoms with van der Waals surface area (Å²) in [5, 5.41) is 9.01. The molecular weight excluding hydrogens is 420 g/mol. The Hall–Kier alpha value is -4.19. The number of nitrogens with zero attached hydrogens (tertiary/aromatic N) is 3. The number of amides is 1. The van der Waals surface area contributed by atoms with Gasteiger partial charge in [0.05, 0.1) is 24.3 Å². The third-order valence-electron chi connectivity index (χ3n) is 4.44. The van der Waals surface area contributed by atoms with Gasteiger partial charge in [-0.1, -0.05) is 12.1 Å². The molecule has 0 atom stereocenters. The highest BCUT2D eigenvalue weighted by Gasteiger charge is 2.24. The van der Waals surface area contributed by atoms with E-state index < -0.39 is 23.4 Å². The summed E-state index contributed by atoms with van der Waals surface area (Å²) in [5.74, 6) is -3.28. The van der Waals surface area contributed by atoms with Crippen LogP contribution >= 0.6 is 0 Å². The van der Waals surface area contributed by atoms with E-state index in [1.807, 2.05) is 6.07 Å². The van der Waals surface area contributed by atoms with Gasteiger partial charge in [0.15, 0.2) is 23.1 Å². The van der Waals surface area contributed by atoms with Gasteiger partial charge in [-0.3, -0.25) is 4.79 Å². The van der Waals surface area contributed by atoms with Crippen molar-refractivity contribution in [2.75, 3.05) is 21.2 Å². The van der Waals surface area contributed by atoms with E-state index in [1.54, 1.807) is 26.2 Å². The van der Waals surface area contributed by atoms with E-state index in [-0.39, 0.29) is 34.3 Å². The molecule has 3 rings (SSSR count). The lowest BCUT2D eigenvalue weighted by Gasteiger charge is -2.17. The van der Waals surface area contributed by atoms with Crippen molar-refractivity contribution in [1.29, 1.82) is 5.26 Å². The third-order valence-corrected chi connectivity index (χ3v) is 4.44. The van der Waals surface area contributed by atoms with Crippen LogP contribution in [0.4, 0.5) is 8.78 Å². The fourth-order valence-corrected chi connectivity index (χ4v) is 2.80. The van der Waals surface area contributed by atoms with Crippen LogP contribution in [0, 0.1) is 29.9 Å². The largest absolute Gasteiger partial charge is 0.492 e. The smallest absolute Gasteiger partial charge is 0.259 e. The molecule has 0 unspecified atom stereocenters. The van der Waals surface area contributed by atoms with Gasteiger partial charge in [0.2, 0.25) is 0 Å². The van der Waals surface area contributed by atoms with Gasteiger partial charge in [0.25, 0.3) is 17.7 Å². The Labute approximate surface area is 183 Å². The van der Waals surface area contributed by atoms with Gasteiger partial charge in [-0.15, -0.1) is 0 Å². The molecule has 1 heterocycles. The predicted octanol–water partition coefficient (Wildman–Crippen LogP) is 4.83. The minimum Gasteiger partial charge on any atom is -0.492 e. The first-order chi connectivity index (χ1) is 15.3. The molecular formula is C23H19F2N3O4. The fourth-order valence-electron chi connectivity index (χ4n) is 2.80. The normalized spacial score (nSPS) is 10.3. The third kappa shape index (κ3) is 4.44. The molecule has 32 heavy (non-hydrogen) atoms. The Morgan fingerprint density at radius 3 is 2.34 bits per heavy atom. The van der Waals surface area contributed by atoms with Gasteiger partial charge in [-0.2, -0.15) is 10.2 Å². The van der Waals surface area contributed by atoms with E-state index in [9.17, 15) is 13.6 Å². The molecule has 1 aromatic heterocycles. The number of hydrogen-bond acceptors (Lipinski definition) is 6. The Morgan fingerprint density at radius 1 is 1.06 bits per heavy atom. The Bertz CT molecular complexity index is 1220. The summed E-state index contributed by atoms with van der Waals surface area (Å²) in [6.45, 7) is 1.21. The summed E-state index contributed by atoms with van der Waals surface area (Å²) >= 11 is 0. The lowest BCUT2D eigenvalue weighted by molar-refractivity contribution is 0.0823. The monoisotopic (exact) mass is 439 g/mol. The van der Waals surface area contributed by atoms with Crippen molar-refractivity contribution in [2.45, 2.75) is 6.92 Å². The minimum absolute atomic E-state index is 0.00929. The number of rotatable bonds is 6. The van der Waals surface area contributed by atoms with Crippen molar-refractivity contribution in [1.82, 2.24) is 9.88 Å². The number of hydrogen-bond donors (Lipinski definition) is 0. The maximum Gasteiger partial charge on any atom is 0.259 e. The van der Waals surface area contributed by atoms with Gasteiger partial charge in [-0.05, 0) is 37.3 Å². The van der Waals surface area contributed by atoms with E-state index in [1.165, 1.54) is 49.3 Å². The minimum atomic E-state index is -1.04. The summed E-state index contributed by atoms with van der Waals surface area (Å²) in [7, 11) is 4.49. The summed E-state index contributed by atoms with van der Waals surface area (Å²) in [5.41, 5.74) is 0.116. The van der Waals surface area contributed by atoms with Crippen molar-refractivity contribution in [2.24, 2.45) is 0 Å². The molecule has 0 spiro atoms. The van der Waals surface area contributed by atoms with Gasteiger partial charge < -0.3 is 19.1 Å². The molecule has 0 radical (unpaired) electrons. The van der Waals surface area contributed by atoms with Crippen LogP contribution in [0.2, 0.25) is 0 Å². The Balaban J connectivity index is 2.03. The van der Waals surface area contributed by atoms with Gasteiger partial charge in [-0.25, -0.2) is 8.78 Å². The summed E-state index contributed by atoms with van der Waals surface area (Å²) < 4.78 is 45.7. The molecule has 0 fully saturated rings. The first-order valence-corrected chi connectivity index (χ1v) is 9.37. The summed E-state index contributed by atoms with van der Waals surface area (Å²) in [6, 6.07) is 12.5. The molecule has 7 nitrogen and oxygen atoms in total. The van der Waals surface area contributed by atoms with Crippen molar-refractivity contribution < 1.29 is 27.8 Å². The number of nitriles is 1. The topological polar surface area (TPSA) is 84.7 Å². The molecule has 0 N–H and O–H groups in total. The van der Waals surface area contributed by atoms with Crippen molar-refractivity contribution in [3.05, 3.63) is 70.8 Å². The molecule has 0 bridgehead atoms. The molecule has 164 valence electrons. The predicted molar refractivity (Wildman–Crippen MR) is 111 cm³/mol. The van der Waals surface area contributed by atoms with E-state index in [0.717, 1.165) is 0 Å². The SMILES string of the molecule is COc1c(Oc2nc(Oc3cccc(C#N)c3)c(F)c(C)c2F)cccc1C(=O)N(C)C. The number of benzene rings is 2. The number of pyridine rings is 1. The number of ether oxygens (including phenoxy) is 3. The van der Waals surface area contributed by atoms with Crippen molar-refractivity contribution in [3.8, 4) is 35.1 Å². The highest BCUT2D eigenvalue weighted by atomic mass is 19.1. The first-order valence-electron chi connectivity index (χ1n) is 9.37. The van der Waals surface area contributed by atoms with Gasteiger partial charge >= 0.3 is 0 Å². The molecule has 0 saturated carbocycles. The van der Waals surface area contributed by atoms with Crippen LogP contribution < -0.4 is 14.2 Å². The summed E-state index contributed by atoms with van der Waals surface area (Å²) in [4.78, 5) is 17.6. The van der Waals surface area contributed by atoms with Crippen molar-refractivity contribution in [3.63, 3.8) is 0 Å². The van der Waals surface area contributed by atoms with Crippen LogP contribution in [0.25, 0.3) is 0 Å². The molecule has 0 aliphatic rings. The van der Waals surface area contributed by atoms with Crippen LogP contribution in [-0.2, 0) is 0 Å². The Morgan fingerprint density at radius 2 is 1.72 bits per heavy atom.